The van der Waals surface area contributed by atoms with Crippen LogP contribution in [0.1, 0.15) is 5.56 Å². The molecule has 3 rings (SSSR count). The van der Waals surface area contributed by atoms with Gasteiger partial charge in [-0.2, -0.15) is 0 Å². The Bertz CT molecular complexity index is 951. The van der Waals surface area contributed by atoms with Gasteiger partial charge in [0.25, 0.3) is 0 Å². The first-order valence-corrected chi connectivity index (χ1v) is 9.84. The predicted molar refractivity (Wildman–Crippen MR) is 107 cm³/mol. The van der Waals surface area contributed by atoms with Gasteiger partial charge in [0, 0.05) is 24.5 Å². The van der Waals surface area contributed by atoms with Crippen molar-refractivity contribution in [2.75, 3.05) is 26.5 Å². The van der Waals surface area contributed by atoms with Gasteiger partial charge in [-0.05, 0) is 61.7 Å². The lowest BCUT2D eigenvalue weighted by Gasteiger charge is -2.29. The zero-order valence-electron chi connectivity index (χ0n) is 15.4. The molecule has 0 fully saturated rings. The fourth-order valence-corrected chi connectivity index (χ4v) is 3.33. The summed E-state index contributed by atoms with van der Waals surface area (Å²) in [6.45, 7) is 0. The number of aliphatic imine (C=N–C) groups is 1. The van der Waals surface area contributed by atoms with Crippen LogP contribution in [0.15, 0.2) is 70.7 Å². The van der Waals surface area contributed by atoms with E-state index >= 15 is 0 Å². The number of anilines is 1. The van der Waals surface area contributed by atoms with Crippen LogP contribution in [-0.4, -0.2) is 46.5 Å². The van der Waals surface area contributed by atoms with Crippen molar-refractivity contribution >= 4 is 21.4 Å². The van der Waals surface area contributed by atoms with Crippen molar-refractivity contribution in [3.8, 4) is 5.75 Å². The van der Waals surface area contributed by atoms with Gasteiger partial charge < -0.3 is 15.0 Å². The molecule has 0 radical (unpaired) electrons. The van der Waals surface area contributed by atoms with Gasteiger partial charge in [0.2, 0.25) is 10.0 Å². The van der Waals surface area contributed by atoms with Crippen molar-refractivity contribution in [1.29, 1.82) is 0 Å². The SMILES string of the molecule is CNS(=O)(=O)c1ccc(NC2N=C(c3ccc(OC)cc3)C=CN2C)cc1. The zero-order valence-corrected chi connectivity index (χ0v) is 16.2. The summed E-state index contributed by atoms with van der Waals surface area (Å²) in [7, 11) is 1.50. The summed E-state index contributed by atoms with van der Waals surface area (Å²) in [4.78, 5) is 6.90. The predicted octanol–water partition coefficient (Wildman–Crippen LogP) is 2.25. The van der Waals surface area contributed by atoms with Crippen molar-refractivity contribution in [2.45, 2.75) is 11.2 Å². The van der Waals surface area contributed by atoms with Crippen LogP contribution < -0.4 is 14.8 Å². The summed E-state index contributed by atoms with van der Waals surface area (Å²) in [6.07, 6.45) is 3.59. The molecule has 0 amide bonds. The molecule has 1 heterocycles. The van der Waals surface area contributed by atoms with E-state index in [1.165, 1.54) is 7.05 Å². The number of benzene rings is 2. The second-order valence-electron chi connectivity index (χ2n) is 5.97. The molecule has 0 saturated heterocycles. The van der Waals surface area contributed by atoms with E-state index in [1.54, 1.807) is 31.4 Å². The number of hydrogen-bond donors (Lipinski definition) is 2. The van der Waals surface area contributed by atoms with Gasteiger partial charge in [-0.3, -0.25) is 0 Å². The Morgan fingerprint density at radius 2 is 1.74 bits per heavy atom. The highest BCUT2D eigenvalue weighted by Gasteiger charge is 2.17. The Labute approximate surface area is 159 Å². The average molecular weight is 386 g/mol. The number of sulfonamides is 1. The fourth-order valence-electron chi connectivity index (χ4n) is 2.60. The number of rotatable bonds is 6. The normalized spacial score (nSPS) is 16.8. The lowest BCUT2D eigenvalue weighted by molar-refractivity contribution is 0.368. The summed E-state index contributed by atoms with van der Waals surface area (Å²) in [5.41, 5.74) is 2.61. The van der Waals surface area contributed by atoms with E-state index in [0.717, 1.165) is 22.7 Å². The van der Waals surface area contributed by atoms with Crippen LogP contribution in [0.25, 0.3) is 0 Å². The van der Waals surface area contributed by atoms with E-state index < -0.39 is 10.0 Å². The highest BCUT2D eigenvalue weighted by Crippen LogP contribution is 2.19. The molecular weight excluding hydrogens is 364 g/mol. The van der Waals surface area contributed by atoms with Crippen LogP contribution in [0.3, 0.4) is 0 Å². The number of allylic oxidation sites excluding steroid dienone is 1. The molecule has 2 aromatic rings. The first kappa shape index (κ1) is 18.9. The second-order valence-corrected chi connectivity index (χ2v) is 7.86. The smallest absolute Gasteiger partial charge is 0.240 e. The van der Waals surface area contributed by atoms with E-state index in [2.05, 4.69) is 10.0 Å². The Morgan fingerprint density at radius 3 is 2.33 bits per heavy atom. The third-order valence-electron chi connectivity index (χ3n) is 4.23. The van der Waals surface area contributed by atoms with Crippen molar-refractivity contribution in [3.05, 3.63) is 66.4 Å². The van der Waals surface area contributed by atoms with Gasteiger partial charge >= 0.3 is 0 Å². The van der Waals surface area contributed by atoms with Crippen LogP contribution in [0, 0.1) is 0 Å². The first-order valence-electron chi connectivity index (χ1n) is 8.35. The van der Waals surface area contributed by atoms with E-state index in [1.807, 2.05) is 48.5 Å². The van der Waals surface area contributed by atoms with Crippen LogP contribution in [-0.2, 0) is 10.0 Å². The summed E-state index contributed by atoms with van der Waals surface area (Å²) in [6, 6.07) is 14.3. The van der Waals surface area contributed by atoms with Crippen LogP contribution in [0.2, 0.25) is 0 Å². The van der Waals surface area contributed by atoms with E-state index in [0.29, 0.717) is 0 Å². The zero-order chi connectivity index (χ0) is 19.4. The maximum atomic E-state index is 11.8. The molecule has 2 N–H and O–H groups in total. The lowest BCUT2D eigenvalue weighted by Crippen LogP contribution is -2.36. The standard InChI is InChI=1S/C19H22N4O3S/c1-20-27(24,25)17-10-6-15(7-11-17)21-19-22-18(12-13-23(19)2)14-4-8-16(26-3)9-5-14/h4-13,19-21H,1-3H3. The summed E-state index contributed by atoms with van der Waals surface area (Å²) in [5, 5.41) is 3.30. The lowest BCUT2D eigenvalue weighted by atomic mass is 10.1. The Balaban J connectivity index is 1.79. The molecule has 0 saturated carbocycles. The van der Waals surface area contributed by atoms with Crippen molar-refractivity contribution in [2.24, 2.45) is 4.99 Å². The maximum absolute atomic E-state index is 11.8. The van der Waals surface area contributed by atoms with Crippen LogP contribution >= 0.6 is 0 Å². The monoisotopic (exact) mass is 386 g/mol. The first-order chi connectivity index (χ1) is 12.9. The number of ether oxygens (including phenoxy) is 1. The van der Waals surface area contributed by atoms with Gasteiger partial charge in [-0.1, -0.05) is 0 Å². The summed E-state index contributed by atoms with van der Waals surface area (Å²) < 4.78 is 31.1. The Morgan fingerprint density at radius 1 is 1.07 bits per heavy atom. The third-order valence-corrected chi connectivity index (χ3v) is 5.66. The Hall–Kier alpha value is -2.84. The molecule has 8 heteroatoms. The van der Waals surface area contributed by atoms with Crippen molar-refractivity contribution < 1.29 is 13.2 Å². The van der Waals surface area contributed by atoms with E-state index in [9.17, 15) is 8.42 Å². The highest BCUT2D eigenvalue weighted by atomic mass is 32.2. The number of nitrogens with one attached hydrogen (secondary N) is 2. The van der Waals surface area contributed by atoms with Crippen LogP contribution in [0.5, 0.6) is 5.75 Å². The quantitative estimate of drug-likeness (QED) is 0.796. The molecule has 1 atom stereocenters. The number of hydrogen-bond acceptors (Lipinski definition) is 6. The van der Waals surface area contributed by atoms with Gasteiger partial charge in [0.15, 0.2) is 6.29 Å². The minimum absolute atomic E-state index is 0.217. The average Bonchev–Trinajstić information content (AvgIpc) is 2.70. The van der Waals surface area contributed by atoms with Gasteiger partial charge in [0.1, 0.15) is 5.75 Å². The van der Waals surface area contributed by atoms with E-state index in [4.69, 9.17) is 9.73 Å². The molecule has 0 spiro atoms. The van der Waals surface area contributed by atoms with Crippen molar-refractivity contribution in [3.63, 3.8) is 0 Å². The minimum Gasteiger partial charge on any atom is -0.497 e. The Kier molecular flexibility index (Phi) is 5.48. The molecule has 27 heavy (non-hydrogen) atoms. The van der Waals surface area contributed by atoms with Gasteiger partial charge in [-0.25, -0.2) is 18.1 Å². The molecule has 0 aliphatic carbocycles. The number of nitrogens with zero attached hydrogens (tertiary/aromatic N) is 2. The summed E-state index contributed by atoms with van der Waals surface area (Å²) in [5.74, 6) is 0.794. The van der Waals surface area contributed by atoms with E-state index in [-0.39, 0.29) is 11.2 Å². The number of methoxy groups -OCH3 is 1. The van der Waals surface area contributed by atoms with Crippen molar-refractivity contribution in [1.82, 2.24) is 9.62 Å². The minimum atomic E-state index is -3.45. The highest BCUT2D eigenvalue weighted by molar-refractivity contribution is 7.89. The third kappa shape index (κ3) is 4.29. The van der Waals surface area contributed by atoms with Crippen LogP contribution in [0.4, 0.5) is 5.69 Å². The molecule has 7 nitrogen and oxygen atoms in total. The largest absolute Gasteiger partial charge is 0.497 e. The summed E-state index contributed by atoms with van der Waals surface area (Å²) >= 11 is 0. The molecule has 0 bridgehead atoms. The molecule has 2 aromatic carbocycles. The maximum Gasteiger partial charge on any atom is 0.240 e. The molecule has 1 unspecified atom stereocenters. The second kappa shape index (κ2) is 7.81. The molecular formula is C19H22N4O3S. The molecule has 0 aromatic heterocycles. The molecule has 1 aliphatic heterocycles. The van der Waals surface area contributed by atoms with Gasteiger partial charge in [0.05, 0.1) is 17.7 Å². The van der Waals surface area contributed by atoms with Gasteiger partial charge in [-0.15, -0.1) is 0 Å². The topological polar surface area (TPSA) is 83.0 Å². The molecule has 142 valence electrons. The fraction of sp³-hybridized carbons (Fsp3) is 0.211. The molecule has 1 aliphatic rings.